The van der Waals surface area contributed by atoms with Gasteiger partial charge in [-0.25, -0.2) is 9.97 Å². The summed E-state index contributed by atoms with van der Waals surface area (Å²) in [6, 6.07) is 0. The Morgan fingerprint density at radius 1 is 0.682 bits per heavy atom. The van der Waals surface area contributed by atoms with Crippen molar-refractivity contribution in [2.75, 3.05) is 38.0 Å². The second kappa shape index (κ2) is 5.87. The molecule has 2 rings (SSSR count). The molecule has 0 amide bonds. The fourth-order valence-corrected chi connectivity index (χ4v) is 2.45. The minimum atomic E-state index is 0.669. The molecule has 22 heavy (non-hydrogen) atoms. The van der Waals surface area contributed by atoms with Crippen LogP contribution in [0.15, 0.2) is 0 Å². The highest BCUT2D eigenvalue weighted by Gasteiger charge is 2.18. The maximum atomic E-state index is 4.68. The normalized spacial score (nSPS) is 10.7. The number of nitrogens with zero attached hydrogens (tertiary/aromatic N) is 6. The second-order valence-corrected chi connectivity index (χ2v) is 5.94. The largest absolute Gasteiger partial charge is 0.362 e. The first kappa shape index (κ1) is 16.1. The molecule has 0 N–H and O–H groups in total. The van der Waals surface area contributed by atoms with Gasteiger partial charge in [-0.2, -0.15) is 9.97 Å². The Morgan fingerprint density at radius 2 is 1.32 bits per heavy atom. The molecular formula is C16H24N6. The lowest BCUT2D eigenvalue weighted by atomic mass is 10.0. The van der Waals surface area contributed by atoms with Crippen molar-refractivity contribution in [1.82, 2.24) is 19.9 Å². The number of aromatic nitrogens is 4. The zero-order chi connectivity index (χ0) is 16.6. The lowest BCUT2D eigenvalue weighted by Crippen LogP contribution is -2.17. The maximum absolute atomic E-state index is 4.68. The third-order valence-corrected chi connectivity index (χ3v) is 3.68. The van der Waals surface area contributed by atoms with E-state index in [4.69, 9.17) is 0 Å². The average Bonchev–Trinajstić information content (AvgIpc) is 2.42. The van der Waals surface area contributed by atoms with E-state index in [1.165, 1.54) is 0 Å². The van der Waals surface area contributed by atoms with E-state index in [9.17, 15) is 0 Å². The van der Waals surface area contributed by atoms with Gasteiger partial charge in [-0.15, -0.1) is 0 Å². The molecule has 0 radical (unpaired) electrons. The van der Waals surface area contributed by atoms with E-state index < -0.39 is 0 Å². The molecular weight excluding hydrogens is 276 g/mol. The van der Waals surface area contributed by atoms with Gasteiger partial charge in [-0.05, 0) is 33.3 Å². The van der Waals surface area contributed by atoms with Crippen LogP contribution >= 0.6 is 0 Å². The zero-order valence-corrected chi connectivity index (χ0v) is 14.7. The highest BCUT2D eigenvalue weighted by molar-refractivity contribution is 5.72. The minimum Gasteiger partial charge on any atom is -0.362 e. The quantitative estimate of drug-likeness (QED) is 0.867. The first-order valence-corrected chi connectivity index (χ1v) is 7.27. The third-order valence-electron chi connectivity index (χ3n) is 3.68. The van der Waals surface area contributed by atoms with Crippen molar-refractivity contribution in [3.8, 4) is 11.4 Å². The van der Waals surface area contributed by atoms with Gasteiger partial charge in [0.2, 0.25) is 5.95 Å². The molecule has 0 saturated heterocycles. The second-order valence-electron chi connectivity index (χ2n) is 5.94. The Hall–Kier alpha value is -2.24. The lowest BCUT2D eigenvalue weighted by molar-refractivity contribution is 0.918. The molecule has 2 aromatic rings. The summed E-state index contributed by atoms with van der Waals surface area (Å²) >= 11 is 0. The maximum Gasteiger partial charge on any atom is 0.228 e. The lowest BCUT2D eigenvalue weighted by Gasteiger charge is -2.20. The van der Waals surface area contributed by atoms with Crippen LogP contribution in [0.2, 0.25) is 0 Å². The molecule has 0 bridgehead atoms. The molecule has 0 spiro atoms. The SMILES string of the molecule is Cc1nc(-c2c(C)c(C)nc(N(C)C)c2C)nc(N(C)C)n1. The average molecular weight is 300 g/mol. The van der Waals surface area contributed by atoms with Crippen molar-refractivity contribution in [3.63, 3.8) is 0 Å². The van der Waals surface area contributed by atoms with Gasteiger partial charge in [0.1, 0.15) is 11.6 Å². The molecule has 0 atom stereocenters. The molecule has 2 aromatic heterocycles. The van der Waals surface area contributed by atoms with E-state index in [-0.39, 0.29) is 0 Å². The molecule has 0 unspecified atom stereocenters. The zero-order valence-electron chi connectivity index (χ0n) is 14.7. The monoisotopic (exact) mass is 300 g/mol. The van der Waals surface area contributed by atoms with Crippen LogP contribution in [-0.4, -0.2) is 48.1 Å². The van der Waals surface area contributed by atoms with Crippen LogP contribution in [0.4, 0.5) is 11.8 Å². The summed E-state index contributed by atoms with van der Waals surface area (Å²) in [4.78, 5) is 22.1. The molecule has 0 aliphatic heterocycles. The number of aryl methyl sites for hydroxylation is 2. The summed E-state index contributed by atoms with van der Waals surface area (Å²) in [5.74, 6) is 3.04. The number of pyridine rings is 1. The van der Waals surface area contributed by atoms with Crippen LogP contribution in [0.3, 0.4) is 0 Å². The van der Waals surface area contributed by atoms with Crippen molar-refractivity contribution in [2.45, 2.75) is 27.7 Å². The molecule has 0 aliphatic carbocycles. The number of hydrogen-bond acceptors (Lipinski definition) is 6. The smallest absolute Gasteiger partial charge is 0.228 e. The molecule has 0 aromatic carbocycles. The summed E-state index contributed by atoms with van der Waals surface area (Å²) in [5.41, 5.74) is 4.24. The van der Waals surface area contributed by atoms with Gasteiger partial charge >= 0.3 is 0 Å². The fraction of sp³-hybridized carbons (Fsp3) is 0.500. The topological polar surface area (TPSA) is 58.0 Å². The first-order chi connectivity index (χ1) is 10.2. The standard InChI is InChI=1S/C16H24N6/c1-9-11(3)17-15(21(5)6)10(2)13(9)14-18-12(4)19-16(20-14)22(7)8/h1-8H3. The van der Waals surface area contributed by atoms with Crippen molar-refractivity contribution in [1.29, 1.82) is 0 Å². The van der Waals surface area contributed by atoms with E-state index >= 15 is 0 Å². The van der Waals surface area contributed by atoms with E-state index in [1.807, 2.05) is 51.8 Å². The Morgan fingerprint density at radius 3 is 1.86 bits per heavy atom. The number of rotatable bonds is 3. The molecule has 2 heterocycles. The van der Waals surface area contributed by atoms with Crippen molar-refractivity contribution in [3.05, 3.63) is 22.6 Å². The van der Waals surface area contributed by atoms with Crippen LogP contribution in [0.25, 0.3) is 11.4 Å². The van der Waals surface area contributed by atoms with Gasteiger partial charge in [-0.1, -0.05) is 0 Å². The van der Waals surface area contributed by atoms with Crippen molar-refractivity contribution < 1.29 is 0 Å². The number of hydrogen-bond donors (Lipinski definition) is 0. The van der Waals surface area contributed by atoms with Gasteiger partial charge < -0.3 is 9.80 Å². The van der Waals surface area contributed by atoms with Gasteiger partial charge in [0.15, 0.2) is 5.82 Å². The van der Waals surface area contributed by atoms with Gasteiger partial charge in [0.05, 0.1) is 0 Å². The minimum absolute atomic E-state index is 0.669. The summed E-state index contributed by atoms with van der Waals surface area (Å²) in [6.07, 6.45) is 0. The van der Waals surface area contributed by atoms with Gasteiger partial charge in [0, 0.05) is 45.0 Å². The molecule has 118 valence electrons. The van der Waals surface area contributed by atoms with Crippen LogP contribution in [0, 0.1) is 27.7 Å². The summed E-state index contributed by atoms with van der Waals surface area (Å²) < 4.78 is 0. The molecule has 0 fully saturated rings. The fourth-order valence-electron chi connectivity index (χ4n) is 2.45. The Kier molecular flexibility index (Phi) is 4.30. The summed E-state index contributed by atoms with van der Waals surface area (Å²) in [6.45, 7) is 8.05. The van der Waals surface area contributed by atoms with Crippen molar-refractivity contribution >= 4 is 11.8 Å². The van der Waals surface area contributed by atoms with Gasteiger partial charge in [0.25, 0.3) is 0 Å². The van der Waals surface area contributed by atoms with Crippen molar-refractivity contribution in [2.24, 2.45) is 0 Å². The van der Waals surface area contributed by atoms with Crippen LogP contribution in [-0.2, 0) is 0 Å². The van der Waals surface area contributed by atoms with Crippen LogP contribution in [0.5, 0.6) is 0 Å². The highest BCUT2D eigenvalue weighted by atomic mass is 15.2. The van der Waals surface area contributed by atoms with Crippen LogP contribution in [0.1, 0.15) is 22.6 Å². The Labute approximate surface area is 132 Å². The molecule has 0 aliphatic rings. The van der Waals surface area contributed by atoms with E-state index in [0.29, 0.717) is 17.6 Å². The van der Waals surface area contributed by atoms with E-state index in [1.54, 1.807) is 0 Å². The third kappa shape index (κ3) is 2.86. The summed E-state index contributed by atoms with van der Waals surface area (Å²) in [5, 5.41) is 0. The predicted octanol–water partition coefficient (Wildman–Crippen LogP) is 2.30. The Bertz CT molecular complexity index is 706. The predicted molar refractivity (Wildman–Crippen MR) is 90.7 cm³/mol. The summed E-state index contributed by atoms with van der Waals surface area (Å²) in [7, 11) is 7.86. The van der Waals surface area contributed by atoms with E-state index in [2.05, 4.69) is 33.8 Å². The molecule has 6 heteroatoms. The Balaban J connectivity index is 2.77. The molecule has 0 saturated carbocycles. The molecule has 6 nitrogen and oxygen atoms in total. The van der Waals surface area contributed by atoms with Crippen LogP contribution < -0.4 is 9.80 Å². The van der Waals surface area contributed by atoms with Gasteiger partial charge in [-0.3, -0.25) is 0 Å². The highest BCUT2D eigenvalue weighted by Crippen LogP contribution is 2.31. The number of anilines is 2. The van der Waals surface area contributed by atoms with E-state index in [0.717, 1.165) is 28.2 Å². The first-order valence-electron chi connectivity index (χ1n) is 7.27.